The number of amides is 1. The Morgan fingerprint density at radius 2 is 2.24 bits per heavy atom. The van der Waals surface area contributed by atoms with Crippen LogP contribution in [0.15, 0.2) is 42.7 Å². The molecule has 0 bridgehead atoms. The first-order valence-corrected chi connectivity index (χ1v) is 7.39. The average Bonchev–Trinajstić information content (AvgIpc) is 3.18. The zero-order valence-corrected chi connectivity index (χ0v) is 12.3. The largest absolute Gasteiger partial charge is 0.345 e. The minimum Gasteiger partial charge on any atom is -0.345 e. The van der Waals surface area contributed by atoms with Gasteiger partial charge in [0.1, 0.15) is 6.54 Å². The molecule has 0 radical (unpaired) electrons. The number of carbonyl (C=O) groups excluding carboxylic acids is 1. The number of benzene rings is 1. The number of anilines is 1. The maximum Gasteiger partial charge on any atom is 0.244 e. The van der Waals surface area contributed by atoms with Gasteiger partial charge in [-0.25, -0.2) is 0 Å². The lowest BCUT2D eigenvalue weighted by Gasteiger charge is -2.08. The predicted octanol–water partition coefficient (Wildman–Crippen LogP) is 2.85. The Hall–Kier alpha value is -2.07. The summed E-state index contributed by atoms with van der Waals surface area (Å²) < 4.78 is 1.89. The molecule has 0 spiro atoms. The van der Waals surface area contributed by atoms with Crippen LogP contribution in [0.1, 0.15) is 30.0 Å². The Balaban J connectivity index is 1.59. The zero-order valence-electron chi connectivity index (χ0n) is 12.3. The summed E-state index contributed by atoms with van der Waals surface area (Å²) in [4.78, 5) is 12.1. The first-order valence-electron chi connectivity index (χ1n) is 7.39. The second-order valence-corrected chi connectivity index (χ2v) is 5.90. The molecule has 0 aliphatic heterocycles. The van der Waals surface area contributed by atoms with E-state index in [1.54, 1.807) is 0 Å². The Morgan fingerprint density at radius 3 is 2.95 bits per heavy atom. The van der Waals surface area contributed by atoms with Gasteiger partial charge in [-0.1, -0.05) is 12.1 Å². The Labute approximate surface area is 125 Å². The number of aryl methyl sites for hydroxylation is 1. The quantitative estimate of drug-likeness (QED) is 0.886. The van der Waals surface area contributed by atoms with Crippen LogP contribution in [-0.2, 0) is 11.3 Å². The second kappa shape index (κ2) is 5.74. The maximum atomic E-state index is 12.1. The van der Waals surface area contributed by atoms with Gasteiger partial charge in [-0.2, -0.15) is 0 Å². The van der Waals surface area contributed by atoms with Crippen molar-refractivity contribution in [2.75, 3.05) is 5.32 Å². The average molecular weight is 283 g/mol. The van der Waals surface area contributed by atoms with E-state index < -0.39 is 0 Å². The van der Waals surface area contributed by atoms with Crippen LogP contribution in [-0.4, -0.2) is 10.5 Å². The van der Waals surface area contributed by atoms with Crippen LogP contribution in [0.3, 0.4) is 0 Å². The summed E-state index contributed by atoms with van der Waals surface area (Å²) in [5.74, 6) is 0.602. The van der Waals surface area contributed by atoms with Crippen molar-refractivity contribution in [3.05, 3.63) is 53.9 Å². The van der Waals surface area contributed by atoms with Crippen LogP contribution in [0.25, 0.3) is 0 Å². The highest BCUT2D eigenvalue weighted by atomic mass is 16.1. The van der Waals surface area contributed by atoms with E-state index >= 15 is 0 Å². The molecule has 1 amide bonds. The molecule has 1 aromatic heterocycles. The van der Waals surface area contributed by atoms with E-state index in [9.17, 15) is 4.79 Å². The van der Waals surface area contributed by atoms with Gasteiger partial charge in [0, 0.05) is 24.1 Å². The van der Waals surface area contributed by atoms with E-state index in [1.165, 1.54) is 12.8 Å². The van der Waals surface area contributed by atoms with E-state index in [0.29, 0.717) is 12.5 Å². The number of rotatable bonds is 5. The topological polar surface area (TPSA) is 60.0 Å². The predicted molar refractivity (Wildman–Crippen MR) is 83.9 cm³/mol. The van der Waals surface area contributed by atoms with Crippen LogP contribution in [0.4, 0.5) is 5.69 Å². The minimum atomic E-state index is -0.0252. The molecular weight excluding hydrogens is 262 g/mol. The van der Waals surface area contributed by atoms with Gasteiger partial charge in [0.15, 0.2) is 0 Å². The Morgan fingerprint density at radius 1 is 1.43 bits per heavy atom. The standard InChI is InChI=1S/C17H21N3O/c1-12-3-2-4-15(9-12)19-16(21)11-20-8-7-14(10-20)17(18)13-5-6-13/h2-4,7-10,13,17H,5-6,11,18H2,1H3,(H,19,21). The molecule has 21 heavy (non-hydrogen) atoms. The molecule has 1 unspecified atom stereocenters. The first kappa shape index (κ1) is 13.9. The minimum absolute atomic E-state index is 0.0252. The highest BCUT2D eigenvalue weighted by Crippen LogP contribution is 2.39. The highest BCUT2D eigenvalue weighted by Gasteiger charge is 2.29. The van der Waals surface area contributed by atoms with Crippen LogP contribution in [0, 0.1) is 12.8 Å². The van der Waals surface area contributed by atoms with Crippen molar-refractivity contribution in [3.63, 3.8) is 0 Å². The molecule has 2 aromatic rings. The molecule has 1 aliphatic carbocycles. The van der Waals surface area contributed by atoms with Crippen LogP contribution < -0.4 is 11.1 Å². The number of aromatic nitrogens is 1. The summed E-state index contributed by atoms with van der Waals surface area (Å²) in [7, 11) is 0. The number of carbonyl (C=O) groups is 1. The molecular formula is C17H21N3O. The van der Waals surface area contributed by atoms with E-state index in [-0.39, 0.29) is 11.9 Å². The van der Waals surface area contributed by atoms with Gasteiger partial charge in [0.2, 0.25) is 5.91 Å². The molecule has 1 aliphatic rings. The molecule has 4 nitrogen and oxygen atoms in total. The van der Waals surface area contributed by atoms with Gasteiger partial charge in [0.05, 0.1) is 0 Å². The van der Waals surface area contributed by atoms with Crippen molar-refractivity contribution in [2.45, 2.75) is 32.4 Å². The SMILES string of the molecule is Cc1cccc(NC(=O)Cn2ccc(C(N)C3CC3)c2)c1. The number of nitrogens with two attached hydrogens (primary N) is 1. The molecule has 3 rings (SSSR count). The lowest BCUT2D eigenvalue weighted by atomic mass is 10.1. The normalized spacial score (nSPS) is 15.7. The van der Waals surface area contributed by atoms with Crippen molar-refractivity contribution in [3.8, 4) is 0 Å². The fraction of sp³-hybridized carbons (Fsp3) is 0.353. The summed E-state index contributed by atoms with van der Waals surface area (Å²) in [5.41, 5.74) is 9.26. The lowest BCUT2D eigenvalue weighted by molar-refractivity contribution is -0.116. The van der Waals surface area contributed by atoms with Gasteiger partial charge in [0.25, 0.3) is 0 Å². The monoisotopic (exact) mass is 283 g/mol. The lowest BCUT2D eigenvalue weighted by Crippen LogP contribution is -2.18. The number of nitrogens with one attached hydrogen (secondary N) is 1. The first-order chi connectivity index (χ1) is 10.1. The summed E-state index contributed by atoms with van der Waals surface area (Å²) in [6.07, 6.45) is 6.35. The van der Waals surface area contributed by atoms with Gasteiger partial charge >= 0.3 is 0 Å². The van der Waals surface area contributed by atoms with Crippen LogP contribution in [0.2, 0.25) is 0 Å². The van der Waals surface area contributed by atoms with Crippen LogP contribution in [0.5, 0.6) is 0 Å². The third kappa shape index (κ3) is 3.52. The molecule has 1 atom stereocenters. The van der Waals surface area contributed by atoms with Crippen molar-refractivity contribution in [1.29, 1.82) is 0 Å². The Kier molecular flexibility index (Phi) is 3.80. The Bertz CT molecular complexity index is 643. The number of hydrogen-bond acceptors (Lipinski definition) is 2. The van der Waals surface area contributed by atoms with E-state index in [4.69, 9.17) is 5.73 Å². The van der Waals surface area contributed by atoms with E-state index in [2.05, 4.69) is 5.32 Å². The highest BCUT2D eigenvalue weighted by molar-refractivity contribution is 5.90. The van der Waals surface area contributed by atoms with Gasteiger partial charge in [-0.3, -0.25) is 4.79 Å². The smallest absolute Gasteiger partial charge is 0.244 e. The summed E-state index contributed by atoms with van der Waals surface area (Å²) >= 11 is 0. The van der Waals surface area contributed by atoms with Gasteiger partial charge < -0.3 is 15.6 Å². The zero-order chi connectivity index (χ0) is 14.8. The van der Waals surface area contributed by atoms with Gasteiger partial charge in [-0.15, -0.1) is 0 Å². The number of nitrogens with zero attached hydrogens (tertiary/aromatic N) is 1. The summed E-state index contributed by atoms with van der Waals surface area (Å²) in [6, 6.07) is 9.94. The van der Waals surface area contributed by atoms with Crippen molar-refractivity contribution in [1.82, 2.24) is 4.57 Å². The summed E-state index contributed by atoms with van der Waals surface area (Å²) in [5, 5.41) is 2.91. The molecule has 1 fully saturated rings. The molecule has 4 heteroatoms. The fourth-order valence-corrected chi connectivity index (χ4v) is 2.57. The molecule has 0 saturated heterocycles. The van der Waals surface area contributed by atoms with Crippen LogP contribution >= 0.6 is 0 Å². The third-order valence-electron chi connectivity index (χ3n) is 3.92. The second-order valence-electron chi connectivity index (χ2n) is 5.90. The maximum absolute atomic E-state index is 12.1. The number of hydrogen-bond donors (Lipinski definition) is 2. The molecule has 1 aromatic carbocycles. The van der Waals surface area contributed by atoms with Gasteiger partial charge in [-0.05, 0) is 55.0 Å². The molecule has 3 N–H and O–H groups in total. The van der Waals surface area contributed by atoms with Crippen molar-refractivity contribution >= 4 is 11.6 Å². The summed E-state index contributed by atoms with van der Waals surface area (Å²) in [6.45, 7) is 2.32. The molecule has 1 saturated carbocycles. The van der Waals surface area contributed by atoms with Crippen molar-refractivity contribution in [2.24, 2.45) is 11.7 Å². The van der Waals surface area contributed by atoms with Crippen molar-refractivity contribution < 1.29 is 4.79 Å². The van der Waals surface area contributed by atoms with E-state index in [1.807, 2.05) is 54.2 Å². The molecule has 110 valence electrons. The van der Waals surface area contributed by atoms with E-state index in [0.717, 1.165) is 16.8 Å². The third-order valence-corrected chi connectivity index (χ3v) is 3.92. The fourth-order valence-electron chi connectivity index (χ4n) is 2.57. The molecule has 1 heterocycles.